The van der Waals surface area contributed by atoms with E-state index >= 15 is 0 Å². The maximum absolute atomic E-state index is 14.2. The largest absolute Gasteiger partial charge is 0.337 e. The van der Waals surface area contributed by atoms with Gasteiger partial charge in [-0.3, -0.25) is 4.90 Å². The van der Waals surface area contributed by atoms with Gasteiger partial charge in [-0.25, -0.2) is 13.6 Å². The smallest absolute Gasteiger partial charge is 0.322 e. The number of allylic oxidation sites excluding steroid dienone is 2. The summed E-state index contributed by atoms with van der Waals surface area (Å²) in [6.45, 7) is 10.0. The fraction of sp³-hybridized carbons (Fsp3) is 0.389. The molecule has 5 heteroatoms. The molecule has 0 aliphatic carbocycles. The normalized spacial score (nSPS) is 20.7. The minimum absolute atomic E-state index is 0.300. The fourth-order valence-electron chi connectivity index (χ4n) is 2.80. The summed E-state index contributed by atoms with van der Waals surface area (Å²) in [5.74, 6) is -1.49. The van der Waals surface area contributed by atoms with Crippen LogP contribution in [0.1, 0.15) is 27.2 Å². The highest BCUT2D eigenvalue weighted by atomic mass is 19.1. The third-order valence-electron chi connectivity index (χ3n) is 4.07. The zero-order valence-electron chi connectivity index (χ0n) is 13.7. The molecular weight excluding hydrogens is 298 g/mol. The molecule has 0 bridgehead atoms. The Morgan fingerprint density at radius 1 is 1.43 bits per heavy atom. The van der Waals surface area contributed by atoms with E-state index in [0.717, 1.165) is 17.7 Å². The molecule has 1 aliphatic rings. The number of amides is 2. The summed E-state index contributed by atoms with van der Waals surface area (Å²) in [4.78, 5) is 13.5. The van der Waals surface area contributed by atoms with Crippen molar-refractivity contribution in [3.8, 4) is 0 Å². The maximum atomic E-state index is 14.2. The van der Waals surface area contributed by atoms with Crippen molar-refractivity contribution in [2.24, 2.45) is 5.41 Å². The van der Waals surface area contributed by atoms with Crippen LogP contribution in [0.5, 0.6) is 0 Å². The number of nitrogens with zero attached hydrogens (tertiary/aromatic N) is 1. The molecule has 1 aromatic carbocycles. The molecule has 2 amide bonds. The maximum Gasteiger partial charge on any atom is 0.322 e. The lowest BCUT2D eigenvalue weighted by atomic mass is 9.79. The van der Waals surface area contributed by atoms with Crippen LogP contribution in [0.4, 0.5) is 19.3 Å². The lowest BCUT2D eigenvalue weighted by Crippen LogP contribution is -2.61. The molecule has 1 aromatic rings. The lowest BCUT2D eigenvalue weighted by Gasteiger charge is -2.46. The summed E-state index contributed by atoms with van der Waals surface area (Å²) in [5.41, 5.74) is 0.236. The Bertz CT molecular complexity index is 632. The molecule has 23 heavy (non-hydrogen) atoms. The second kappa shape index (κ2) is 6.52. The monoisotopic (exact) mass is 320 g/mol. The number of rotatable bonds is 4. The van der Waals surface area contributed by atoms with Gasteiger partial charge in [-0.15, -0.1) is 0 Å². The standard InChI is InChI=1S/C18H22F2N2O/c1-12(2)7-5-10-15-18(3,4)11-21-17(23)22(15)16-13(19)8-6-9-14(16)20/h5-9,15H,1,10-11H2,2-4H3,(H,21,23)/b7-5-/t15-/m0/s1. The van der Waals surface area contributed by atoms with Gasteiger partial charge in [0.25, 0.3) is 0 Å². The topological polar surface area (TPSA) is 32.3 Å². The molecule has 124 valence electrons. The molecule has 0 unspecified atom stereocenters. The molecular formula is C18H22F2N2O. The Morgan fingerprint density at radius 3 is 2.61 bits per heavy atom. The first-order valence-electron chi connectivity index (χ1n) is 7.57. The van der Waals surface area contributed by atoms with Crippen molar-refractivity contribution in [3.63, 3.8) is 0 Å². The fourth-order valence-corrected chi connectivity index (χ4v) is 2.80. The van der Waals surface area contributed by atoms with E-state index in [4.69, 9.17) is 0 Å². The van der Waals surface area contributed by atoms with Gasteiger partial charge in [-0.05, 0) is 25.5 Å². The van der Waals surface area contributed by atoms with Crippen LogP contribution in [0.3, 0.4) is 0 Å². The first kappa shape index (κ1) is 17.2. The van der Waals surface area contributed by atoms with Crippen LogP contribution < -0.4 is 10.2 Å². The first-order chi connectivity index (χ1) is 10.7. The number of anilines is 1. The molecule has 0 spiro atoms. The number of carbonyl (C=O) groups is 1. The molecule has 1 fully saturated rings. The molecule has 2 rings (SSSR count). The van der Waals surface area contributed by atoms with Crippen LogP contribution in [-0.2, 0) is 0 Å². The van der Waals surface area contributed by atoms with Gasteiger partial charge in [0.1, 0.15) is 17.3 Å². The predicted molar refractivity (Wildman–Crippen MR) is 88.4 cm³/mol. The van der Waals surface area contributed by atoms with E-state index in [-0.39, 0.29) is 17.1 Å². The van der Waals surface area contributed by atoms with E-state index in [2.05, 4.69) is 11.9 Å². The quantitative estimate of drug-likeness (QED) is 0.819. The van der Waals surface area contributed by atoms with E-state index in [1.807, 2.05) is 32.9 Å². The Labute approximate surface area is 135 Å². The zero-order valence-corrected chi connectivity index (χ0v) is 13.7. The molecule has 1 heterocycles. The highest BCUT2D eigenvalue weighted by Gasteiger charge is 2.43. The number of urea groups is 1. The number of benzene rings is 1. The average molecular weight is 320 g/mol. The van der Waals surface area contributed by atoms with Gasteiger partial charge in [-0.2, -0.15) is 0 Å². The van der Waals surface area contributed by atoms with E-state index in [9.17, 15) is 13.6 Å². The number of carbonyl (C=O) groups excluding carboxylic acids is 1. The molecule has 1 atom stereocenters. The van der Waals surface area contributed by atoms with E-state index in [1.165, 1.54) is 11.0 Å². The van der Waals surface area contributed by atoms with Gasteiger partial charge in [0.05, 0.1) is 0 Å². The minimum Gasteiger partial charge on any atom is -0.337 e. The molecule has 3 nitrogen and oxygen atoms in total. The van der Waals surface area contributed by atoms with Crippen LogP contribution in [-0.4, -0.2) is 18.6 Å². The number of nitrogens with one attached hydrogen (secondary N) is 1. The van der Waals surface area contributed by atoms with Gasteiger partial charge in [0.2, 0.25) is 0 Å². The highest BCUT2D eigenvalue weighted by molar-refractivity contribution is 5.94. The van der Waals surface area contributed by atoms with Crippen molar-refractivity contribution in [3.05, 3.63) is 54.1 Å². The summed E-state index contributed by atoms with van der Waals surface area (Å²) >= 11 is 0. The Kier molecular flexibility index (Phi) is 4.88. The predicted octanol–water partition coefficient (Wildman–Crippen LogP) is 4.41. The van der Waals surface area contributed by atoms with Crippen molar-refractivity contribution >= 4 is 11.7 Å². The SMILES string of the molecule is C=C(C)/C=C\C[C@@H]1N(c2c(F)cccc2F)C(=O)NCC1(C)C. The molecule has 0 radical (unpaired) electrons. The van der Waals surface area contributed by atoms with Crippen LogP contribution in [0.15, 0.2) is 42.5 Å². The number of hydrogen-bond donors (Lipinski definition) is 1. The summed E-state index contributed by atoms with van der Waals surface area (Å²) in [6.07, 6.45) is 4.22. The zero-order chi connectivity index (χ0) is 17.2. The Morgan fingerprint density at radius 2 is 2.04 bits per heavy atom. The highest BCUT2D eigenvalue weighted by Crippen LogP contribution is 2.36. The van der Waals surface area contributed by atoms with Crippen LogP contribution >= 0.6 is 0 Å². The number of halogens is 2. The summed E-state index contributed by atoms with van der Waals surface area (Å²) in [6, 6.07) is 2.76. The summed E-state index contributed by atoms with van der Waals surface area (Å²) in [5, 5.41) is 2.72. The van der Waals surface area contributed by atoms with Crippen molar-refractivity contribution in [1.82, 2.24) is 5.32 Å². The Hall–Kier alpha value is -2.17. The second-order valence-corrected chi connectivity index (χ2v) is 6.59. The first-order valence-corrected chi connectivity index (χ1v) is 7.57. The van der Waals surface area contributed by atoms with E-state index in [1.54, 1.807) is 0 Å². The molecule has 1 N–H and O–H groups in total. The van der Waals surface area contributed by atoms with Crippen LogP contribution in [0.2, 0.25) is 0 Å². The third-order valence-corrected chi connectivity index (χ3v) is 4.07. The molecule has 0 saturated carbocycles. The van der Waals surface area contributed by atoms with E-state index < -0.39 is 17.7 Å². The number of hydrogen-bond acceptors (Lipinski definition) is 1. The average Bonchev–Trinajstić information content (AvgIpc) is 2.44. The van der Waals surface area contributed by atoms with Crippen molar-refractivity contribution in [2.75, 3.05) is 11.4 Å². The summed E-state index contributed by atoms with van der Waals surface area (Å²) in [7, 11) is 0. The molecule has 1 aliphatic heterocycles. The molecule has 1 saturated heterocycles. The second-order valence-electron chi connectivity index (χ2n) is 6.59. The third kappa shape index (κ3) is 3.60. The number of para-hydroxylation sites is 1. The van der Waals surface area contributed by atoms with Crippen molar-refractivity contribution < 1.29 is 13.6 Å². The van der Waals surface area contributed by atoms with Gasteiger partial charge < -0.3 is 5.32 Å². The van der Waals surface area contributed by atoms with Gasteiger partial charge in [0, 0.05) is 18.0 Å². The summed E-state index contributed by atoms with van der Waals surface area (Å²) < 4.78 is 28.4. The van der Waals surface area contributed by atoms with E-state index in [0.29, 0.717) is 13.0 Å². The van der Waals surface area contributed by atoms with Gasteiger partial charge >= 0.3 is 6.03 Å². The Balaban J connectivity index is 2.46. The lowest BCUT2D eigenvalue weighted by molar-refractivity contribution is 0.196. The molecule has 0 aromatic heterocycles. The van der Waals surface area contributed by atoms with Crippen LogP contribution in [0, 0.1) is 17.0 Å². The van der Waals surface area contributed by atoms with Gasteiger partial charge in [0.15, 0.2) is 0 Å². The minimum atomic E-state index is -0.744. The van der Waals surface area contributed by atoms with Crippen molar-refractivity contribution in [2.45, 2.75) is 33.2 Å². The van der Waals surface area contributed by atoms with Gasteiger partial charge in [-0.1, -0.05) is 44.2 Å². The van der Waals surface area contributed by atoms with Crippen molar-refractivity contribution in [1.29, 1.82) is 0 Å². The van der Waals surface area contributed by atoms with Crippen LogP contribution in [0.25, 0.3) is 0 Å².